The maximum absolute atomic E-state index is 12.8. The molecule has 2 heterocycles. The Morgan fingerprint density at radius 2 is 2.12 bits per heavy atom. The van der Waals surface area contributed by atoms with Crippen molar-refractivity contribution in [2.75, 3.05) is 19.8 Å². The normalized spacial score (nSPS) is 21.2. The molecule has 0 radical (unpaired) electrons. The first-order chi connectivity index (χ1) is 12.2. The second-order valence-electron chi connectivity index (χ2n) is 7.30. The van der Waals surface area contributed by atoms with Gasteiger partial charge in [0.25, 0.3) is 5.91 Å². The van der Waals surface area contributed by atoms with E-state index in [1.807, 2.05) is 24.4 Å². The first-order valence-electron chi connectivity index (χ1n) is 9.39. The number of carbonyl (C=O) groups is 1. The Hall–Kier alpha value is -1.52. The highest BCUT2D eigenvalue weighted by Gasteiger charge is 2.24. The second kappa shape index (κ2) is 7.38. The van der Waals surface area contributed by atoms with E-state index in [-0.39, 0.29) is 11.9 Å². The minimum absolute atomic E-state index is 0.0197. The molecule has 2 fully saturated rings. The number of fused-ring (bicyclic) bond motifs is 1. The van der Waals surface area contributed by atoms with E-state index in [2.05, 4.69) is 9.88 Å². The van der Waals surface area contributed by atoms with Crippen molar-refractivity contribution in [3.8, 4) is 0 Å². The zero-order valence-corrected chi connectivity index (χ0v) is 15.2. The fourth-order valence-corrected chi connectivity index (χ4v) is 4.54. The number of nitrogens with one attached hydrogen (secondary N) is 1. The van der Waals surface area contributed by atoms with Gasteiger partial charge in [0.05, 0.1) is 28.8 Å². The van der Waals surface area contributed by atoms with Gasteiger partial charge in [0.2, 0.25) is 0 Å². The third-order valence-electron chi connectivity index (χ3n) is 5.66. The molecule has 4 rings (SSSR count). The number of aromatic nitrogens is 1. The molecule has 0 spiro atoms. The van der Waals surface area contributed by atoms with E-state index in [0.717, 1.165) is 42.8 Å². The average Bonchev–Trinajstić information content (AvgIpc) is 3.35. The first-order valence-corrected chi connectivity index (χ1v) is 9.77. The van der Waals surface area contributed by atoms with Crippen LogP contribution in [0.2, 0.25) is 5.02 Å². The smallest absolute Gasteiger partial charge is 0.253 e. The Bertz CT molecular complexity index is 758. The van der Waals surface area contributed by atoms with Crippen molar-refractivity contribution < 1.29 is 9.53 Å². The van der Waals surface area contributed by atoms with Crippen LogP contribution in [0.5, 0.6) is 0 Å². The van der Waals surface area contributed by atoms with Gasteiger partial charge in [-0.2, -0.15) is 0 Å². The number of rotatable bonds is 5. The largest absolute Gasteiger partial charge is 0.379 e. The highest BCUT2D eigenvalue weighted by molar-refractivity contribution is 6.36. The number of nitrogens with zero attached hydrogens (tertiary/aromatic N) is 1. The predicted molar refractivity (Wildman–Crippen MR) is 100 cm³/mol. The molecule has 1 aromatic carbocycles. The fraction of sp³-hybridized carbons (Fsp3) is 0.550. The van der Waals surface area contributed by atoms with E-state index in [9.17, 15) is 4.79 Å². The van der Waals surface area contributed by atoms with E-state index in [1.54, 1.807) is 0 Å². The van der Waals surface area contributed by atoms with Crippen molar-refractivity contribution in [1.82, 2.24) is 9.88 Å². The Kier molecular flexibility index (Phi) is 5.00. The average molecular weight is 361 g/mol. The van der Waals surface area contributed by atoms with E-state index in [0.29, 0.717) is 17.2 Å². The molecule has 1 aliphatic carbocycles. The molecule has 1 aromatic heterocycles. The van der Waals surface area contributed by atoms with Gasteiger partial charge in [0, 0.05) is 24.7 Å². The van der Waals surface area contributed by atoms with E-state index in [1.165, 1.54) is 25.7 Å². The molecule has 4 nitrogen and oxygen atoms in total. The van der Waals surface area contributed by atoms with E-state index >= 15 is 0 Å². The standard InChI is InChI=1S/C20H25ClN2O2/c21-17-6-3-7-18-19(17)16(12-23(18)15-9-11-25-13-15)20(24)22-10-8-14-4-1-2-5-14/h3,6-7,12,14-15H,1-2,4-5,8-11,13H2,(H,22,24). The molecule has 1 aliphatic heterocycles. The molecule has 1 unspecified atom stereocenters. The molecule has 1 amide bonds. The summed E-state index contributed by atoms with van der Waals surface area (Å²) in [6, 6.07) is 6.11. The van der Waals surface area contributed by atoms with Crippen LogP contribution in [-0.4, -0.2) is 30.2 Å². The van der Waals surface area contributed by atoms with E-state index < -0.39 is 0 Å². The van der Waals surface area contributed by atoms with Crippen LogP contribution in [0.3, 0.4) is 0 Å². The lowest BCUT2D eigenvalue weighted by Gasteiger charge is -2.11. The highest BCUT2D eigenvalue weighted by Crippen LogP contribution is 2.33. The van der Waals surface area contributed by atoms with Crippen LogP contribution < -0.4 is 5.32 Å². The van der Waals surface area contributed by atoms with Crippen molar-refractivity contribution in [3.63, 3.8) is 0 Å². The van der Waals surface area contributed by atoms with Crippen molar-refractivity contribution >= 4 is 28.4 Å². The monoisotopic (exact) mass is 360 g/mol. The second-order valence-corrected chi connectivity index (χ2v) is 7.70. The van der Waals surface area contributed by atoms with Crippen LogP contribution in [0.25, 0.3) is 10.9 Å². The number of halogens is 1. The Balaban J connectivity index is 1.56. The van der Waals surface area contributed by atoms with Crippen molar-refractivity contribution in [1.29, 1.82) is 0 Å². The first kappa shape index (κ1) is 16.9. The Morgan fingerprint density at radius 3 is 2.88 bits per heavy atom. The summed E-state index contributed by atoms with van der Waals surface area (Å²) in [5.41, 5.74) is 1.70. The van der Waals surface area contributed by atoms with Crippen LogP contribution in [-0.2, 0) is 4.74 Å². The summed E-state index contributed by atoms with van der Waals surface area (Å²) in [6.45, 7) is 2.21. The number of ether oxygens (including phenoxy) is 1. The Labute approximate surface area is 153 Å². The SMILES string of the molecule is O=C(NCCC1CCCC1)c1cn(C2CCOC2)c2cccc(Cl)c12. The molecule has 1 saturated carbocycles. The Morgan fingerprint density at radius 1 is 1.28 bits per heavy atom. The summed E-state index contributed by atoms with van der Waals surface area (Å²) in [5.74, 6) is 0.759. The molecule has 1 saturated heterocycles. The molecular weight excluding hydrogens is 336 g/mol. The van der Waals surface area contributed by atoms with Gasteiger partial charge in [-0.15, -0.1) is 0 Å². The third kappa shape index (κ3) is 3.42. The lowest BCUT2D eigenvalue weighted by molar-refractivity contribution is 0.0952. The zero-order chi connectivity index (χ0) is 17.2. The van der Waals surface area contributed by atoms with Crippen LogP contribution in [0.15, 0.2) is 24.4 Å². The van der Waals surface area contributed by atoms with Gasteiger partial charge < -0.3 is 14.6 Å². The molecule has 2 aromatic rings. The zero-order valence-electron chi connectivity index (χ0n) is 14.5. The summed E-state index contributed by atoms with van der Waals surface area (Å²) >= 11 is 6.44. The molecule has 134 valence electrons. The maximum atomic E-state index is 12.8. The number of hydrogen-bond acceptors (Lipinski definition) is 2. The molecule has 25 heavy (non-hydrogen) atoms. The van der Waals surface area contributed by atoms with Crippen molar-refractivity contribution in [2.24, 2.45) is 5.92 Å². The van der Waals surface area contributed by atoms with Gasteiger partial charge in [-0.1, -0.05) is 43.4 Å². The van der Waals surface area contributed by atoms with Gasteiger partial charge in [-0.3, -0.25) is 4.79 Å². The third-order valence-corrected chi connectivity index (χ3v) is 5.98. The predicted octanol–water partition coefficient (Wildman–Crippen LogP) is 4.57. The highest BCUT2D eigenvalue weighted by atomic mass is 35.5. The van der Waals surface area contributed by atoms with Gasteiger partial charge in [0.1, 0.15) is 0 Å². The maximum Gasteiger partial charge on any atom is 0.253 e. The molecule has 1 atom stereocenters. The summed E-state index contributed by atoms with van der Waals surface area (Å²) in [5, 5.41) is 4.60. The van der Waals surface area contributed by atoms with Crippen LogP contribution >= 0.6 is 11.6 Å². The summed E-state index contributed by atoms with van der Waals surface area (Å²) < 4.78 is 7.69. The lowest BCUT2D eigenvalue weighted by Crippen LogP contribution is -2.25. The quantitative estimate of drug-likeness (QED) is 0.848. The van der Waals surface area contributed by atoms with Gasteiger partial charge >= 0.3 is 0 Å². The number of carbonyl (C=O) groups excluding carboxylic acids is 1. The summed E-state index contributed by atoms with van der Waals surface area (Å²) in [4.78, 5) is 12.8. The van der Waals surface area contributed by atoms with Crippen LogP contribution in [0, 0.1) is 5.92 Å². The molecule has 5 heteroatoms. The number of hydrogen-bond donors (Lipinski definition) is 1. The minimum Gasteiger partial charge on any atom is -0.379 e. The van der Waals surface area contributed by atoms with E-state index in [4.69, 9.17) is 16.3 Å². The van der Waals surface area contributed by atoms with Crippen LogP contribution in [0.4, 0.5) is 0 Å². The summed E-state index contributed by atoms with van der Waals surface area (Å²) in [6.07, 6.45) is 9.30. The van der Waals surface area contributed by atoms with Crippen molar-refractivity contribution in [2.45, 2.75) is 44.6 Å². The number of benzene rings is 1. The lowest BCUT2D eigenvalue weighted by atomic mass is 10.0. The fourth-order valence-electron chi connectivity index (χ4n) is 4.27. The minimum atomic E-state index is -0.0197. The molecule has 2 aliphatic rings. The molecular formula is C20H25ClN2O2. The van der Waals surface area contributed by atoms with Gasteiger partial charge in [-0.25, -0.2) is 0 Å². The van der Waals surface area contributed by atoms with Gasteiger partial charge in [-0.05, 0) is 30.9 Å². The van der Waals surface area contributed by atoms with Crippen molar-refractivity contribution in [3.05, 3.63) is 35.0 Å². The summed E-state index contributed by atoms with van der Waals surface area (Å²) in [7, 11) is 0. The molecule has 0 bridgehead atoms. The van der Waals surface area contributed by atoms with Gasteiger partial charge in [0.15, 0.2) is 0 Å². The topological polar surface area (TPSA) is 43.3 Å². The molecule has 1 N–H and O–H groups in total. The number of amides is 1. The van der Waals surface area contributed by atoms with Crippen LogP contribution in [0.1, 0.15) is 54.9 Å².